The van der Waals surface area contributed by atoms with Crippen LogP contribution in [-0.2, 0) is 9.53 Å². The molecule has 1 aromatic carbocycles. The summed E-state index contributed by atoms with van der Waals surface area (Å²) >= 11 is 0. The molecule has 1 aromatic heterocycles. The number of nitrogens with one attached hydrogen (secondary N) is 2. The molecule has 0 fully saturated rings. The van der Waals surface area contributed by atoms with Crippen molar-refractivity contribution in [3.05, 3.63) is 36.0 Å². The lowest BCUT2D eigenvalue weighted by atomic mass is 10.2. The molecule has 0 aliphatic carbocycles. The summed E-state index contributed by atoms with van der Waals surface area (Å²) in [6, 6.07) is 7.44. The van der Waals surface area contributed by atoms with Gasteiger partial charge in [0.2, 0.25) is 0 Å². The number of carbonyl (C=O) groups is 2. The van der Waals surface area contributed by atoms with E-state index in [1.165, 1.54) is 0 Å². The van der Waals surface area contributed by atoms with Crippen LogP contribution in [0.2, 0.25) is 0 Å². The molecular weight excluding hydrogens is 244 g/mol. The third-order valence-electron chi connectivity index (χ3n) is 2.72. The minimum atomic E-state index is -0.496. The van der Waals surface area contributed by atoms with E-state index in [1.54, 1.807) is 6.20 Å². The number of hydrogen-bond donors (Lipinski definition) is 2. The number of hydrogen-bond acceptors (Lipinski definition) is 3. The number of aromatic nitrogens is 1. The predicted octanol–water partition coefficient (Wildman–Crippen LogP) is 1.85. The largest absolute Gasteiger partial charge is 0.452 e. The maximum absolute atomic E-state index is 11.9. The fraction of sp³-hybridized carbons (Fsp3) is 0.286. The van der Waals surface area contributed by atoms with Crippen LogP contribution >= 0.6 is 0 Å². The normalized spacial score (nSPS) is 10.4. The van der Waals surface area contributed by atoms with E-state index < -0.39 is 5.97 Å². The molecule has 0 saturated heterocycles. The van der Waals surface area contributed by atoms with E-state index in [2.05, 4.69) is 10.3 Å². The van der Waals surface area contributed by atoms with Crippen molar-refractivity contribution in [3.8, 4) is 0 Å². The third kappa shape index (κ3) is 3.13. The Hall–Kier alpha value is -2.30. The smallest absolute Gasteiger partial charge is 0.340 e. The van der Waals surface area contributed by atoms with Crippen molar-refractivity contribution in [2.45, 2.75) is 13.3 Å². The second-order valence-corrected chi connectivity index (χ2v) is 4.17. The predicted molar refractivity (Wildman–Crippen MR) is 71.9 cm³/mol. The second-order valence-electron chi connectivity index (χ2n) is 4.17. The van der Waals surface area contributed by atoms with Gasteiger partial charge in [0.1, 0.15) is 0 Å². The molecule has 1 heterocycles. The van der Waals surface area contributed by atoms with Gasteiger partial charge in [-0.25, -0.2) is 4.79 Å². The Kier molecular flexibility index (Phi) is 4.18. The zero-order valence-corrected chi connectivity index (χ0v) is 10.7. The van der Waals surface area contributed by atoms with E-state index in [9.17, 15) is 9.59 Å². The summed E-state index contributed by atoms with van der Waals surface area (Å²) in [5.41, 5.74) is 1.31. The second kappa shape index (κ2) is 6.04. The Morgan fingerprint density at radius 2 is 2.11 bits per heavy atom. The highest BCUT2D eigenvalue weighted by molar-refractivity contribution is 6.04. The first-order chi connectivity index (χ1) is 9.22. The van der Waals surface area contributed by atoms with Crippen LogP contribution in [0.5, 0.6) is 0 Å². The van der Waals surface area contributed by atoms with E-state index in [1.807, 2.05) is 31.2 Å². The molecule has 2 N–H and O–H groups in total. The average Bonchev–Trinajstić information content (AvgIpc) is 2.86. The fourth-order valence-corrected chi connectivity index (χ4v) is 1.76. The molecular formula is C14H16N2O3. The number of ether oxygens (including phenoxy) is 1. The highest BCUT2D eigenvalue weighted by atomic mass is 16.5. The van der Waals surface area contributed by atoms with Crippen LogP contribution in [0, 0.1) is 0 Å². The van der Waals surface area contributed by atoms with Crippen molar-refractivity contribution < 1.29 is 14.3 Å². The third-order valence-corrected chi connectivity index (χ3v) is 2.72. The maximum atomic E-state index is 11.9. The minimum Gasteiger partial charge on any atom is -0.452 e. The highest BCUT2D eigenvalue weighted by Gasteiger charge is 2.14. The minimum absolute atomic E-state index is 0.252. The van der Waals surface area contributed by atoms with Crippen LogP contribution < -0.4 is 5.32 Å². The van der Waals surface area contributed by atoms with Gasteiger partial charge in [0.25, 0.3) is 5.91 Å². The monoisotopic (exact) mass is 260 g/mol. The molecule has 0 aliphatic heterocycles. The quantitative estimate of drug-likeness (QED) is 0.806. The molecule has 5 heteroatoms. The van der Waals surface area contributed by atoms with E-state index in [-0.39, 0.29) is 12.5 Å². The number of rotatable bonds is 5. The number of fused-ring (bicyclic) bond motifs is 1. The zero-order valence-electron chi connectivity index (χ0n) is 10.7. The van der Waals surface area contributed by atoms with Crippen LogP contribution in [0.15, 0.2) is 30.5 Å². The molecule has 0 saturated carbocycles. The van der Waals surface area contributed by atoms with E-state index in [0.29, 0.717) is 12.1 Å². The number of para-hydroxylation sites is 1. The highest BCUT2D eigenvalue weighted by Crippen LogP contribution is 2.18. The standard InChI is InChI=1S/C14H16N2O3/c1-2-7-15-13(17)9-19-14(18)11-8-16-12-6-4-3-5-10(11)12/h3-6,8,16H,2,7,9H2,1H3,(H,15,17). The Balaban J connectivity index is 1.98. The number of amides is 1. The van der Waals surface area contributed by atoms with Gasteiger partial charge in [-0.2, -0.15) is 0 Å². The van der Waals surface area contributed by atoms with Gasteiger partial charge in [0, 0.05) is 23.6 Å². The van der Waals surface area contributed by atoms with Crippen molar-refractivity contribution in [2.24, 2.45) is 0 Å². The number of esters is 1. The lowest BCUT2D eigenvalue weighted by molar-refractivity contribution is -0.124. The van der Waals surface area contributed by atoms with Crippen molar-refractivity contribution in [2.75, 3.05) is 13.2 Å². The Labute approximate surface area is 110 Å². The van der Waals surface area contributed by atoms with Crippen LogP contribution in [0.4, 0.5) is 0 Å². The van der Waals surface area contributed by atoms with Gasteiger partial charge in [-0.1, -0.05) is 25.1 Å². The molecule has 0 bridgehead atoms. The fourth-order valence-electron chi connectivity index (χ4n) is 1.76. The lowest BCUT2D eigenvalue weighted by Gasteiger charge is -2.04. The first-order valence-electron chi connectivity index (χ1n) is 6.22. The van der Waals surface area contributed by atoms with E-state index in [4.69, 9.17) is 4.74 Å². The van der Waals surface area contributed by atoms with Gasteiger partial charge in [-0.15, -0.1) is 0 Å². The topological polar surface area (TPSA) is 71.2 Å². The van der Waals surface area contributed by atoms with E-state index in [0.717, 1.165) is 17.3 Å². The molecule has 100 valence electrons. The molecule has 0 radical (unpaired) electrons. The SMILES string of the molecule is CCCNC(=O)COC(=O)c1c[nH]c2ccccc12. The number of carbonyl (C=O) groups excluding carboxylic acids is 2. The molecule has 0 spiro atoms. The molecule has 2 aromatic rings. The van der Waals surface area contributed by atoms with Crippen molar-refractivity contribution in [1.29, 1.82) is 0 Å². The number of aromatic amines is 1. The molecule has 0 aliphatic rings. The van der Waals surface area contributed by atoms with Crippen LogP contribution in [0.1, 0.15) is 23.7 Å². The molecule has 2 rings (SSSR count). The van der Waals surface area contributed by atoms with Crippen LogP contribution in [-0.4, -0.2) is 30.0 Å². The van der Waals surface area contributed by atoms with Gasteiger partial charge in [-0.05, 0) is 12.5 Å². The van der Waals surface area contributed by atoms with E-state index >= 15 is 0 Å². The number of H-pyrrole nitrogens is 1. The zero-order chi connectivity index (χ0) is 13.7. The van der Waals surface area contributed by atoms with Gasteiger partial charge >= 0.3 is 5.97 Å². The van der Waals surface area contributed by atoms with Gasteiger partial charge in [-0.3, -0.25) is 4.79 Å². The van der Waals surface area contributed by atoms with Crippen LogP contribution in [0.25, 0.3) is 10.9 Å². The first kappa shape index (κ1) is 13.1. The molecule has 0 atom stereocenters. The van der Waals surface area contributed by atoms with Gasteiger partial charge < -0.3 is 15.0 Å². The van der Waals surface area contributed by atoms with Crippen molar-refractivity contribution >= 4 is 22.8 Å². The summed E-state index contributed by atoms with van der Waals surface area (Å²) in [5, 5.41) is 3.44. The molecule has 5 nitrogen and oxygen atoms in total. The lowest BCUT2D eigenvalue weighted by Crippen LogP contribution is -2.29. The summed E-state index contributed by atoms with van der Waals surface area (Å²) in [4.78, 5) is 26.2. The molecule has 19 heavy (non-hydrogen) atoms. The molecule has 1 amide bonds. The Morgan fingerprint density at radius 3 is 2.89 bits per heavy atom. The summed E-state index contributed by atoms with van der Waals surface area (Å²) in [6.45, 7) is 2.29. The first-order valence-corrected chi connectivity index (χ1v) is 6.22. The summed E-state index contributed by atoms with van der Waals surface area (Å²) < 4.78 is 4.98. The summed E-state index contributed by atoms with van der Waals surface area (Å²) in [5.74, 6) is -0.779. The Morgan fingerprint density at radius 1 is 1.32 bits per heavy atom. The average molecular weight is 260 g/mol. The number of benzene rings is 1. The Bertz CT molecular complexity index is 589. The molecule has 0 unspecified atom stereocenters. The van der Waals surface area contributed by atoms with Gasteiger partial charge in [0.05, 0.1) is 5.56 Å². The summed E-state index contributed by atoms with van der Waals surface area (Å²) in [6.07, 6.45) is 2.44. The maximum Gasteiger partial charge on any atom is 0.340 e. The summed E-state index contributed by atoms with van der Waals surface area (Å²) in [7, 11) is 0. The van der Waals surface area contributed by atoms with Crippen molar-refractivity contribution in [3.63, 3.8) is 0 Å². The van der Waals surface area contributed by atoms with Crippen LogP contribution in [0.3, 0.4) is 0 Å². The van der Waals surface area contributed by atoms with Crippen molar-refractivity contribution in [1.82, 2.24) is 10.3 Å². The van der Waals surface area contributed by atoms with Gasteiger partial charge in [0.15, 0.2) is 6.61 Å².